The van der Waals surface area contributed by atoms with Gasteiger partial charge in [0.2, 0.25) is 0 Å². The molecule has 0 heterocycles. The molecule has 0 unspecified atom stereocenters. The first-order valence-corrected chi connectivity index (χ1v) is 10.4. The van der Waals surface area contributed by atoms with Gasteiger partial charge in [0.15, 0.2) is 11.5 Å². The zero-order valence-corrected chi connectivity index (χ0v) is 17.2. The minimum Gasteiger partial charge on any atom is -0.493 e. The van der Waals surface area contributed by atoms with Crippen molar-refractivity contribution in [2.75, 3.05) is 18.5 Å². The molecule has 0 aromatic heterocycles. The highest BCUT2D eigenvalue weighted by atomic mass is 32.2. The monoisotopic (exact) mass is 415 g/mol. The topological polar surface area (TPSA) is 55.8 Å². The first-order valence-electron chi connectivity index (χ1n) is 8.91. The molecule has 0 aliphatic carbocycles. The van der Waals surface area contributed by atoms with Gasteiger partial charge in [-0.3, -0.25) is 4.31 Å². The van der Waals surface area contributed by atoms with Gasteiger partial charge in [-0.05, 0) is 54.4 Å². The second-order valence-electron chi connectivity index (χ2n) is 6.45. The molecule has 0 fully saturated rings. The Balaban J connectivity index is 2.09. The van der Waals surface area contributed by atoms with Gasteiger partial charge in [0, 0.05) is 0 Å². The van der Waals surface area contributed by atoms with Crippen LogP contribution in [0.5, 0.6) is 11.5 Å². The van der Waals surface area contributed by atoms with E-state index in [1.807, 2.05) is 0 Å². The Morgan fingerprint density at radius 3 is 2.21 bits per heavy atom. The van der Waals surface area contributed by atoms with E-state index in [0.29, 0.717) is 22.6 Å². The molecule has 3 rings (SSSR count). The van der Waals surface area contributed by atoms with E-state index < -0.39 is 15.8 Å². The molecular weight excluding hydrogens is 393 g/mol. The van der Waals surface area contributed by atoms with Crippen LogP contribution in [0.4, 0.5) is 10.1 Å². The highest BCUT2D eigenvalue weighted by Crippen LogP contribution is 2.31. The summed E-state index contributed by atoms with van der Waals surface area (Å²) in [4.78, 5) is 0.126. The van der Waals surface area contributed by atoms with Crippen molar-refractivity contribution in [3.63, 3.8) is 0 Å². The minimum absolute atomic E-state index is 0.0000822. The van der Waals surface area contributed by atoms with Gasteiger partial charge in [-0.15, -0.1) is 0 Å². The summed E-state index contributed by atoms with van der Waals surface area (Å²) in [6.07, 6.45) is 0. The third kappa shape index (κ3) is 4.35. The Morgan fingerprint density at radius 2 is 1.59 bits per heavy atom. The van der Waals surface area contributed by atoms with E-state index in [0.717, 1.165) is 0 Å². The summed E-state index contributed by atoms with van der Waals surface area (Å²) in [6, 6.07) is 17.6. The fraction of sp³-hybridized carbons (Fsp3) is 0.182. The molecule has 5 nitrogen and oxygen atoms in total. The number of halogens is 1. The minimum atomic E-state index is -3.92. The van der Waals surface area contributed by atoms with Crippen molar-refractivity contribution in [2.24, 2.45) is 0 Å². The lowest BCUT2D eigenvalue weighted by Crippen LogP contribution is -2.30. The van der Waals surface area contributed by atoms with Crippen LogP contribution in [0.25, 0.3) is 0 Å². The van der Waals surface area contributed by atoms with Crippen LogP contribution in [-0.2, 0) is 16.6 Å². The van der Waals surface area contributed by atoms with E-state index in [1.165, 1.54) is 36.7 Å². The zero-order valence-electron chi connectivity index (χ0n) is 16.4. The van der Waals surface area contributed by atoms with Crippen LogP contribution in [0.2, 0.25) is 0 Å². The summed E-state index contributed by atoms with van der Waals surface area (Å²) in [6.45, 7) is 1.63. The van der Waals surface area contributed by atoms with Crippen molar-refractivity contribution < 1.29 is 22.3 Å². The van der Waals surface area contributed by atoms with Crippen LogP contribution in [-0.4, -0.2) is 22.6 Å². The number of aryl methyl sites for hydroxylation is 1. The van der Waals surface area contributed by atoms with Crippen molar-refractivity contribution in [1.29, 1.82) is 0 Å². The molecule has 0 saturated heterocycles. The maximum atomic E-state index is 14.2. The Hall–Kier alpha value is -3.06. The second kappa shape index (κ2) is 8.53. The maximum Gasteiger partial charge on any atom is 0.264 e. The van der Waals surface area contributed by atoms with Crippen molar-refractivity contribution in [3.05, 3.63) is 83.7 Å². The lowest BCUT2D eigenvalue weighted by Gasteiger charge is -2.25. The molecule has 0 atom stereocenters. The summed E-state index contributed by atoms with van der Waals surface area (Å²) in [5.41, 5.74) is 1.35. The van der Waals surface area contributed by atoms with Crippen LogP contribution in [0.3, 0.4) is 0 Å². The molecular formula is C22H22FNO4S. The fourth-order valence-electron chi connectivity index (χ4n) is 2.92. The van der Waals surface area contributed by atoms with E-state index in [9.17, 15) is 12.8 Å². The SMILES string of the molecule is COc1ccc(CN(c2ccc(C)c(F)c2)S(=O)(=O)c2ccccc2)cc1OC. The first kappa shape index (κ1) is 20.7. The third-order valence-corrected chi connectivity index (χ3v) is 6.34. The molecule has 0 amide bonds. The third-order valence-electron chi connectivity index (χ3n) is 4.55. The zero-order chi connectivity index (χ0) is 21.0. The van der Waals surface area contributed by atoms with E-state index >= 15 is 0 Å². The summed E-state index contributed by atoms with van der Waals surface area (Å²) in [7, 11) is -0.887. The van der Waals surface area contributed by atoms with Gasteiger partial charge < -0.3 is 9.47 Å². The molecule has 3 aromatic carbocycles. The summed E-state index contributed by atoms with van der Waals surface area (Å²) in [5.74, 6) is 0.551. The number of methoxy groups -OCH3 is 2. The second-order valence-corrected chi connectivity index (χ2v) is 8.31. The number of benzene rings is 3. The molecule has 0 spiro atoms. The van der Waals surface area contributed by atoms with Gasteiger partial charge >= 0.3 is 0 Å². The highest BCUT2D eigenvalue weighted by molar-refractivity contribution is 7.92. The largest absolute Gasteiger partial charge is 0.493 e. The van der Waals surface area contributed by atoms with Gasteiger partial charge in [0.1, 0.15) is 5.82 Å². The Kier molecular flexibility index (Phi) is 6.08. The predicted molar refractivity (Wildman–Crippen MR) is 110 cm³/mol. The summed E-state index contributed by atoms with van der Waals surface area (Å²) in [5, 5.41) is 0. The molecule has 3 aromatic rings. The van der Waals surface area contributed by atoms with Crippen molar-refractivity contribution in [1.82, 2.24) is 0 Å². The molecule has 0 radical (unpaired) electrons. The van der Waals surface area contributed by atoms with Gasteiger partial charge in [0.25, 0.3) is 10.0 Å². The summed E-state index contributed by atoms with van der Waals surface area (Å²) < 4.78 is 52.7. The molecule has 7 heteroatoms. The van der Waals surface area contributed by atoms with E-state index in [2.05, 4.69) is 0 Å². The van der Waals surface area contributed by atoms with Crippen molar-refractivity contribution in [3.8, 4) is 11.5 Å². The van der Waals surface area contributed by atoms with Crippen LogP contribution in [0, 0.1) is 12.7 Å². The number of sulfonamides is 1. The number of anilines is 1. The molecule has 0 aliphatic rings. The van der Waals surface area contributed by atoms with Crippen LogP contribution >= 0.6 is 0 Å². The number of rotatable bonds is 7. The van der Waals surface area contributed by atoms with Gasteiger partial charge in [-0.1, -0.05) is 30.3 Å². The van der Waals surface area contributed by atoms with Crippen LogP contribution < -0.4 is 13.8 Å². The maximum absolute atomic E-state index is 14.2. The molecule has 0 N–H and O–H groups in total. The van der Waals surface area contributed by atoms with Gasteiger partial charge in [-0.25, -0.2) is 12.8 Å². The lowest BCUT2D eigenvalue weighted by molar-refractivity contribution is 0.354. The average molecular weight is 415 g/mol. The normalized spacial score (nSPS) is 11.2. The van der Waals surface area contributed by atoms with E-state index in [-0.39, 0.29) is 17.1 Å². The van der Waals surface area contributed by atoms with Crippen LogP contribution in [0.1, 0.15) is 11.1 Å². The van der Waals surface area contributed by atoms with Crippen LogP contribution in [0.15, 0.2) is 71.6 Å². The average Bonchev–Trinajstić information content (AvgIpc) is 2.74. The van der Waals surface area contributed by atoms with E-state index in [1.54, 1.807) is 55.5 Å². The smallest absolute Gasteiger partial charge is 0.264 e. The van der Waals surface area contributed by atoms with Gasteiger partial charge in [-0.2, -0.15) is 0 Å². The van der Waals surface area contributed by atoms with Crippen molar-refractivity contribution >= 4 is 15.7 Å². The molecule has 29 heavy (non-hydrogen) atoms. The summed E-state index contributed by atoms with van der Waals surface area (Å²) >= 11 is 0. The quantitative estimate of drug-likeness (QED) is 0.568. The standard InChI is InChI=1S/C22H22FNO4S/c1-16-9-11-18(14-20(16)23)24(29(25,26)19-7-5-4-6-8-19)15-17-10-12-21(27-2)22(13-17)28-3/h4-14H,15H2,1-3H3. The number of hydrogen-bond donors (Lipinski definition) is 0. The number of ether oxygens (including phenoxy) is 2. The highest BCUT2D eigenvalue weighted by Gasteiger charge is 2.26. The molecule has 0 bridgehead atoms. The Morgan fingerprint density at radius 1 is 0.897 bits per heavy atom. The predicted octanol–water partition coefficient (Wildman–Crippen LogP) is 4.55. The van der Waals surface area contributed by atoms with E-state index in [4.69, 9.17) is 9.47 Å². The molecule has 0 saturated carbocycles. The number of nitrogens with zero attached hydrogens (tertiary/aromatic N) is 1. The Labute approximate surface area is 170 Å². The molecule has 0 aliphatic heterocycles. The lowest BCUT2D eigenvalue weighted by atomic mass is 10.1. The Bertz CT molecular complexity index is 1100. The van der Waals surface area contributed by atoms with Crippen molar-refractivity contribution in [2.45, 2.75) is 18.4 Å². The number of hydrogen-bond acceptors (Lipinski definition) is 4. The van der Waals surface area contributed by atoms with Gasteiger partial charge in [0.05, 0.1) is 31.3 Å². The fourth-order valence-corrected chi connectivity index (χ4v) is 4.38. The first-order chi connectivity index (χ1) is 13.9. The molecule has 152 valence electrons.